The number of hydrogen-bond donors (Lipinski definition) is 0. The first-order valence-electron chi connectivity index (χ1n) is 5.68. The molecular weight excluding hydrogens is 256 g/mol. The largest absolute Gasteiger partial charge is 0.339 e. The van der Waals surface area contributed by atoms with Crippen LogP contribution in [-0.2, 0) is 23.2 Å². The van der Waals surface area contributed by atoms with E-state index in [0.717, 1.165) is 4.31 Å². The van der Waals surface area contributed by atoms with E-state index < -0.39 is 10.2 Å². The molecule has 104 valence electrons. The van der Waals surface area contributed by atoms with Gasteiger partial charge in [0.25, 0.3) is 10.2 Å². The van der Waals surface area contributed by atoms with Gasteiger partial charge in [0.05, 0.1) is 6.54 Å². The van der Waals surface area contributed by atoms with Crippen molar-refractivity contribution in [1.82, 2.24) is 18.8 Å². The number of nitrogens with zero attached hydrogens (tertiary/aromatic N) is 4. The SMILES string of the molecule is CC(C)Cc1nc(CN(C)S(=O)(=O)N(C)C)no1. The zero-order valence-corrected chi connectivity index (χ0v) is 12.2. The van der Waals surface area contributed by atoms with Crippen LogP contribution in [0.4, 0.5) is 0 Å². The van der Waals surface area contributed by atoms with E-state index >= 15 is 0 Å². The summed E-state index contributed by atoms with van der Waals surface area (Å²) in [6.45, 7) is 4.20. The van der Waals surface area contributed by atoms with Crippen LogP contribution in [0, 0.1) is 5.92 Å². The Morgan fingerprint density at radius 3 is 2.39 bits per heavy atom. The highest BCUT2D eigenvalue weighted by atomic mass is 32.2. The van der Waals surface area contributed by atoms with E-state index in [-0.39, 0.29) is 6.54 Å². The predicted octanol–water partition coefficient (Wildman–Crippen LogP) is 0.506. The maximum absolute atomic E-state index is 11.8. The molecule has 0 aliphatic heterocycles. The summed E-state index contributed by atoms with van der Waals surface area (Å²) < 4.78 is 30.9. The molecule has 1 heterocycles. The van der Waals surface area contributed by atoms with Gasteiger partial charge < -0.3 is 4.52 Å². The lowest BCUT2D eigenvalue weighted by molar-refractivity contribution is 0.350. The molecule has 0 saturated carbocycles. The van der Waals surface area contributed by atoms with E-state index in [9.17, 15) is 8.42 Å². The lowest BCUT2D eigenvalue weighted by Gasteiger charge is -2.19. The number of aromatic nitrogens is 2. The van der Waals surface area contributed by atoms with Crippen molar-refractivity contribution < 1.29 is 12.9 Å². The van der Waals surface area contributed by atoms with Crippen molar-refractivity contribution in [3.8, 4) is 0 Å². The third-order valence-electron chi connectivity index (χ3n) is 2.31. The van der Waals surface area contributed by atoms with Crippen LogP contribution in [0.5, 0.6) is 0 Å². The standard InChI is InChI=1S/C10H20N4O3S/c1-8(2)6-10-11-9(12-17-10)7-14(5)18(15,16)13(3)4/h8H,6-7H2,1-5H3. The summed E-state index contributed by atoms with van der Waals surface area (Å²) in [5.41, 5.74) is 0. The van der Waals surface area contributed by atoms with Crippen molar-refractivity contribution in [1.29, 1.82) is 0 Å². The van der Waals surface area contributed by atoms with Gasteiger partial charge in [-0.2, -0.15) is 22.0 Å². The second-order valence-corrected chi connectivity index (χ2v) is 7.00. The minimum absolute atomic E-state index is 0.0993. The lowest BCUT2D eigenvalue weighted by atomic mass is 10.1. The average molecular weight is 276 g/mol. The molecule has 0 aliphatic rings. The van der Waals surface area contributed by atoms with Crippen molar-refractivity contribution in [3.05, 3.63) is 11.7 Å². The highest BCUT2D eigenvalue weighted by Gasteiger charge is 2.22. The van der Waals surface area contributed by atoms with E-state index in [1.54, 1.807) is 0 Å². The Kier molecular flexibility index (Phi) is 4.83. The van der Waals surface area contributed by atoms with Crippen molar-refractivity contribution in [2.24, 2.45) is 5.92 Å². The fourth-order valence-corrected chi connectivity index (χ4v) is 2.18. The van der Waals surface area contributed by atoms with Gasteiger partial charge in [-0.15, -0.1) is 0 Å². The quantitative estimate of drug-likeness (QED) is 0.756. The molecule has 0 bridgehead atoms. The molecule has 0 aliphatic carbocycles. The van der Waals surface area contributed by atoms with E-state index in [1.807, 2.05) is 13.8 Å². The summed E-state index contributed by atoms with van der Waals surface area (Å²) >= 11 is 0. The van der Waals surface area contributed by atoms with Crippen LogP contribution >= 0.6 is 0 Å². The summed E-state index contributed by atoms with van der Waals surface area (Å²) in [6.07, 6.45) is 0.692. The zero-order chi connectivity index (χ0) is 13.9. The molecule has 0 spiro atoms. The highest BCUT2D eigenvalue weighted by molar-refractivity contribution is 7.86. The Labute approximate surface area is 108 Å². The molecule has 8 heteroatoms. The fourth-order valence-electron chi connectivity index (χ4n) is 1.35. The van der Waals surface area contributed by atoms with E-state index in [0.29, 0.717) is 24.1 Å². The minimum atomic E-state index is -3.44. The molecule has 7 nitrogen and oxygen atoms in total. The molecule has 0 unspecified atom stereocenters. The first-order valence-corrected chi connectivity index (χ1v) is 7.08. The second-order valence-electron chi connectivity index (χ2n) is 4.75. The number of rotatable bonds is 6. The van der Waals surface area contributed by atoms with Crippen LogP contribution in [0.3, 0.4) is 0 Å². The molecule has 0 saturated heterocycles. The maximum Gasteiger partial charge on any atom is 0.281 e. The van der Waals surface area contributed by atoms with Crippen LogP contribution < -0.4 is 0 Å². The van der Waals surface area contributed by atoms with Crippen molar-refractivity contribution >= 4 is 10.2 Å². The predicted molar refractivity (Wildman–Crippen MR) is 66.9 cm³/mol. The summed E-state index contributed by atoms with van der Waals surface area (Å²) in [5, 5.41) is 3.77. The molecule has 0 N–H and O–H groups in total. The van der Waals surface area contributed by atoms with Crippen LogP contribution in [0.1, 0.15) is 25.6 Å². The topological polar surface area (TPSA) is 79.5 Å². The molecule has 0 fully saturated rings. The highest BCUT2D eigenvalue weighted by Crippen LogP contribution is 2.09. The first kappa shape index (κ1) is 15.1. The lowest BCUT2D eigenvalue weighted by Crippen LogP contribution is -2.37. The minimum Gasteiger partial charge on any atom is -0.339 e. The second kappa shape index (κ2) is 5.77. The van der Waals surface area contributed by atoms with Crippen molar-refractivity contribution in [2.45, 2.75) is 26.8 Å². The van der Waals surface area contributed by atoms with Crippen LogP contribution in [0.2, 0.25) is 0 Å². The third-order valence-corrected chi connectivity index (χ3v) is 4.15. The van der Waals surface area contributed by atoms with Gasteiger partial charge in [-0.25, -0.2) is 0 Å². The van der Waals surface area contributed by atoms with E-state index in [4.69, 9.17) is 4.52 Å². The molecule has 1 aromatic heterocycles. The van der Waals surface area contributed by atoms with Gasteiger partial charge in [0.2, 0.25) is 5.89 Å². The van der Waals surface area contributed by atoms with Crippen molar-refractivity contribution in [2.75, 3.05) is 21.1 Å². The van der Waals surface area contributed by atoms with Gasteiger partial charge in [0, 0.05) is 27.6 Å². The Morgan fingerprint density at radius 1 is 1.28 bits per heavy atom. The van der Waals surface area contributed by atoms with E-state index in [1.165, 1.54) is 25.4 Å². The number of hydrogen-bond acceptors (Lipinski definition) is 5. The monoisotopic (exact) mass is 276 g/mol. The normalized spacial score (nSPS) is 12.9. The third kappa shape index (κ3) is 3.76. The maximum atomic E-state index is 11.8. The molecule has 0 radical (unpaired) electrons. The average Bonchev–Trinajstić information content (AvgIpc) is 2.64. The fraction of sp³-hybridized carbons (Fsp3) is 0.800. The van der Waals surface area contributed by atoms with Crippen LogP contribution in [-0.4, -0.2) is 48.3 Å². The Hall–Kier alpha value is -0.990. The molecule has 0 amide bonds. The van der Waals surface area contributed by atoms with Gasteiger partial charge in [-0.3, -0.25) is 0 Å². The summed E-state index contributed by atoms with van der Waals surface area (Å²) in [4.78, 5) is 4.16. The molecule has 18 heavy (non-hydrogen) atoms. The molecule has 0 aromatic carbocycles. The van der Waals surface area contributed by atoms with Crippen molar-refractivity contribution in [3.63, 3.8) is 0 Å². The van der Waals surface area contributed by atoms with Crippen LogP contribution in [0.15, 0.2) is 4.52 Å². The van der Waals surface area contributed by atoms with Gasteiger partial charge >= 0.3 is 0 Å². The smallest absolute Gasteiger partial charge is 0.281 e. The molecular formula is C10H20N4O3S. The Bertz CT molecular complexity index is 481. The summed E-state index contributed by atoms with van der Waals surface area (Å²) in [5.74, 6) is 1.33. The zero-order valence-electron chi connectivity index (χ0n) is 11.4. The Morgan fingerprint density at radius 2 is 1.89 bits per heavy atom. The molecule has 1 rings (SSSR count). The van der Waals surface area contributed by atoms with Gasteiger partial charge in [0.15, 0.2) is 5.82 Å². The molecule has 1 aromatic rings. The van der Waals surface area contributed by atoms with Crippen LogP contribution in [0.25, 0.3) is 0 Å². The first-order chi connectivity index (χ1) is 8.23. The van der Waals surface area contributed by atoms with Gasteiger partial charge in [-0.05, 0) is 5.92 Å². The Balaban J connectivity index is 2.71. The van der Waals surface area contributed by atoms with E-state index in [2.05, 4.69) is 10.1 Å². The molecule has 0 atom stereocenters. The summed E-state index contributed by atoms with van der Waals surface area (Å²) in [7, 11) is 0.993. The summed E-state index contributed by atoms with van der Waals surface area (Å²) in [6, 6.07) is 0. The van der Waals surface area contributed by atoms with Gasteiger partial charge in [0.1, 0.15) is 0 Å². The van der Waals surface area contributed by atoms with Gasteiger partial charge in [-0.1, -0.05) is 19.0 Å².